The summed E-state index contributed by atoms with van der Waals surface area (Å²) in [4.78, 5) is 0. The highest BCUT2D eigenvalue weighted by Crippen LogP contribution is 2.21. The first-order chi connectivity index (χ1) is 18.3. The van der Waals surface area contributed by atoms with Crippen LogP contribution in [0.5, 0.6) is 0 Å². The molecule has 0 aliphatic carbocycles. The molecule has 0 spiro atoms. The van der Waals surface area contributed by atoms with Crippen LogP contribution in [0, 0.1) is 0 Å². The molecule has 6 aromatic carbocycles. The third-order valence-electron chi connectivity index (χ3n) is 6.78. The Kier molecular flexibility index (Phi) is 6.61. The molecule has 1 radical (unpaired) electrons. The van der Waals surface area contributed by atoms with Crippen molar-refractivity contribution in [2.75, 3.05) is 0 Å². The zero-order valence-corrected chi connectivity index (χ0v) is 21.6. The highest BCUT2D eigenvalue weighted by molar-refractivity contribution is 6.95. The molecule has 0 N–H and O–H groups in total. The summed E-state index contributed by atoms with van der Waals surface area (Å²) in [6, 6.07) is 59.5. The van der Waals surface area contributed by atoms with Gasteiger partial charge in [-0.05, 0) is 33.4 Å². The molecular formula is C36H27Si. The summed E-state index contributed by atoms with van der Waals surface area (Å²) in [5, 5.41) is 4.17. The van der Waals surface area contributed by atoms with Crippen molar-refractivity contribution in [2.24, 2.45) is 0 Å². The lowest BCUT2D eigenvalue weighted by molar-refractivity contribution is 1.62. The molecule has 6 rings (SSSR count). The molecule has 0 heterocycles. The second-order valence-corrected chi connectivity index (χ2v) is 11.7. The predicted octanol–water partition coefficient (Wildman–Crippen LogP) is 7.20. The van der Waals surface area contributed by atoms with Crippen LogP contribution in [0.2, 0.25) is 0 Å². The van der Waals surface area contributed by atoms with E-state index < -0.39 is 8.80 Å². The van der Waals surface area contributed by atoms with Crippen LogP contribution in [0.4, 0.5) is 0 Å². The van der Waals surface area contributed by atoms with Crippen molar-refractivity contribution in [3.8, 4) is 33.4 Å². The highest BCUT2D eigenvalue weighted by atomic mass is 28.3. The first kappa shape index (κ1) is 23.0. The smallest absolute Gasteiger partial charge is 0.0624 e. The summed E-state index contributed by atoms with van der Waals surface area (Å²) in [6.07, 6.45) is 0. The van der Waals surface area contributed by atoms with E-state index in [-0.39, 0.29) is 0 Å². The van der Waals surface area contributed by atoms with Gasteiger partial charge in [0.1, 0.15) is 0 Å². The molecule has 0 unspecified atom stereocenters. The Morgan fingerprint density at radius 3 is 0.811 bits per heavy atom. The fourth-order valence-electron chi connectivity index (χ4n) is 4.95. The van der Waals surface area contributed by atoms with E-state index in [1.165, 1.54) is 48.9 Å². The molecule has 0 aliphatic heterocycles. The van der Waals surface area contributed by atoms with Crippen LogP contribution in [-0.4, -0.2) is 8.80 Å². The van der Waals surface area contributed by atoms with Crippen molar-refractivity contribution in [1.82, 2.24) is 0 Å². The molecule has 0 amide bonds. The minimum atomic E-state index is -1.26. The summed E-state index contributed by atoms with van der Waals surface area (Å²) in [5.41, 5.74) is 7.54. The maximum absolute atomic E-state index is 2.40. The maximum atomic E-state index is 2.40. The van der Waals surface area contributed by atoms with Crippen molar-refractivity contribution in [3.05, 3.63) is 164 Å². The SMILES string of the molecule is c1ccc(-c2cccc([Si](c3cccc(-c4ccccc4)c3)c3cccc(-c4ccccc4)c3)c2)cc1. The van der Waals surface area contributed by atoms with Crippen molar-refractivity contribution in [1.29, 1.82) is 0 Å². The molecule has 6 aromatic rings. The molecule has 0 atom stereocenters. The molecular weight excluding hydrogens is 460 g/mol. The number of rotatable bonds is 6. The Hall–Kier alpha value is -4.46. The Morgan fingerprint density at radius 1 is 0.243 bits per heavy atom. The standard InChI is InChI=1S/C36H27Si/c1-4-13-28(14-5-1)31-19-10-22-34(25-31)37(35-23-11-20-32(26-35)29-15-6-2-7-16-29)36-24-12-21-33(27-36)30-17-8-3-9-18-30/h1-27H. The van der Waals surface area contributed by atoms with E-state index >= 15 is 0 Å². The normalized spacial score (nSPS) is 10.9. The van der Waals surface area contributed by atoms with Gasteiger partial charge in [0.05, 0.1) is 0 Å². The highest BCUT2D eigenvalue weighted by Gasteiger charge is 2.21. The van der Waals surface area contributed by atoms with E-state index in [9.17, 15) is 0 Å². The summed E-state index contributed by atoms with van der Waals surface area (Å²) in [7, 11) is -1.26. The lowest BCUT2D eigenvalue weighted by Crippen LogP contribution is -2.52. The maximum Gasteiger partial charge on any atom is 0.154 e. The lowest BCUT2D eigenvalue weighted by atomic mass is 10.1. The summed E-state index contributed by atoms with van der Waals surface area (Å²) in [5.74, 6) is 0. The summed E-state index contributed by atoms with van der Waals surface area (Å²) < 4.78 is 0. The molecule has 0 saturated heterocycles. The first-order valence-corrected chi connectivity index (χ1v) is 14.2. The van der Waals surface area contributed by atoms with Crippen molar-refractivity contribution >= 4 is 24.4 Å². The Morgan fingerprint density at radius 2 is 0.514 bits per heavy atom. The van der Waals surface area contributed by atoms with Gasteiger partial charge < -0.3 is 0 Å². The quantitative estimate of drug-likeness (QED) is 0.172. The summed E-state index contributed by atoms with van der Waals surface area (Å²) >= 11 is 0. The van der Waals surface area contributed by atoms with Crippen molar-refractivity contribution < 1.29 is 0 Å². The molecule has 0 fully saturated rings. The Labute approximate surface area is 221 Å². The average Bonchev–Trinajstić information content (AvgIpc) is 2.99. The van der Waals surface area contributed by atoms with E-state index in [1.807, 2.05) is 0 Å². The zero-order chi connectivity index (χ0) is 24.9. The van der Waals surface area contributed by atoms with Gasteiger partial charge in [-0.15, -0.1) is 0 Å². The fraction of sp³-hybridized carbons (Fsp3) is 0. The number of hydrogen-bond acceptors (Lipinski definition) is 0. The first-order valence-electron chi connectivity index (χ1n) is 12.7. The van der Waals surface area contributed by atoms with Crippen LogP contribution in [0.1, 0.15) is 0 Å². The molecule has 0 aromatic heterocycles. The molecule has 1 heteroatoms. The topological polar surface area (TPSA) is 0 Å². The molecule has 175 valence electrons. The van der Waals surface area contributed by atoms with Crippen LogP contribution in [0.15, 0.2) is 164 Å². The van der Waals surface area contributed by atoms with Gasteiger partial charge in [-0.1, -0.05) is 179 Å². The predicted molar refractivity (Wildman–Crippen MR) is 160 cm³/mol. The van der Waals surface area contributed by atoms with Crippen molar-refractivity contribution in [2.45, 2.75) is 0 Å². The van der Waals surface area contributed by atoms with E-state index in [0.29, 0.717) is 0 Å². The summed E-state index contributed by atoms with van der Waals surface area (Å²) in [6.45, 7) is 0. The van der Waals surface area contributed by atoms with Crippen molar-refractivity contribution in [3.63, 3.8) is 0 Å². The number of benzene rings is 6. The van der Waals surface area contributed by atoms with E-state index in [1.54, 1.807) is 0 Å². The fourth-order valence-corrected chi connectivity index (χ4v) is 7.64. The third-order valence-corrected chi connectivity index (χ3v) is 9.44. The van der Waals surface area contributed by atoms with Crippen LogP contribution in [-0.2, 0) is 0 Å². The van der Waals surface area contributed by atoms with E-state index in [2.05, 4.69) is 164 Å². The van der Waals surface area contributed by atoms with Gasteiger partial charge in [0.25, 0.3) is 0 Å². The Bertz CT molecular complexity index is 1410. The van der Waals surface area contributed by atoms with Gasteiger partial charge in [-0.2, -0.15) is 0 Å². The largest absolute Gasteiger partial charge is 0.154 e. The molecule has 37 heavy (non-hydrogen) atoms. The van der Waals surface area contributed by atoms with Gasteiger partial charge in [0.15, 0.2) is 8.80 Å². The lowest BCUT2D eigenvalue weighted by Gasteiger charge is -2.20. The average molecular weight is 488 g/mol. The molecule has 0 bridgehead atoms. The van der Waals surface area contributed by atoms with Gasteiger partial charge >= 0.3 is 0 Å². The van der Waals surface area contributed by atoms with Crippen LogP contribution in [0.25, 0.3) is 33.4 Å². The molecule has 0 saturated carbocycles. The Balaban J connectivity index is 1.51. The van der Waals surface area contributed by atoms with Gasteiger partial charge in [0, 0.05) is 0 Å². The third kappa shape index (κ3) is 5.09. The van der Waals surface area contributed by atoms with Gasteiger partial charge in [0.2, 0.25) is 0 Å². The zero-order valence-electron chi connectivity index (χ0n) is 20.6. The van der Waals surface area contributed by atoms with Crippen LogP contribution < -0.4 is 15.6 Å². The van der Waals surface area contributed by atoms with Gasteiger partial charge in [-0.3, -0.25) is 0 Å². The monoisotopic (exact) mass is 487 g/mol. The second kappa shape index (κ2) is 10.7. The molecule has 0 aliphatic rings. The second-order valence-electron chi connectivity index (χ2n) is 9.22. The minimum absolute atomic E-state index is 1.25. The minimum Gasteiger partial charge on any atom is -0.0624 e. The molecule has 0 nitrogen and oxygen atoms in total. The van der Waals surface area contributed by atoms with Gasteiger partial charge in [-0.25, -0.2) is 0 Å². The van der Waals surface area contributed by atoms with E-state index in [0.717, 1.165) is 0 Å². The van der Waals surface area contributed by atoms with Crippen LogP contribution >= 0.6 is 0 Å². The van der Waals surface area contributed by atoms with E-state index in [4.69, 9.17) is 0 Å². The van der Waals surface area contributed by atoms with Crippen LogP contribution in [0.3, 0.4) is 0 Å². The number of hydrogen-bond donors (Lipinski definition) is 0.